The Bertz CT molecular complexity index is 728. The van der Waals surface area contributed by atoms with Gasteiger partial charge in [0.25, 0.3) is 0 Å². The van der Waals surface area contributed by atoms with Gasteiger partial charge in [-0.15, -0.1) is 10.2 Å². The van der Waals surface area contributed by atoms with Gasteiger partial charge >= 0.3 is 0 Å². The van der Waals surface area contributed by atoms with E-state index in [1.54, 1.807) is 32.4 Å². The summed E-state index contributed by atoms with van der Waals surface area (Å²) in [5.41, 5.74) is 0.514. The Morgan fingerprint density at radius 2 is 2.00 bits per heavy atom. The van der Waals surface area contributed by atoms with Crippen molar-refractivity contribution in [3.63, 3.8) is 0 Å². The van der Waals surface area contributed by atoms with Crippen LogP contribution in [0, 0.1) is 0 Å². The number of thioether (sulfide) groups is 1. The maximum atomic E-state index is 12.7. The molecule has 1 heterocycles. The van der Waals surface area contributed by atoms with Crippen molar-refractivity contribution in [3.05, 3.63) is 29.6 Å². The first-order chi connectivity index (χ1) is 12.0. The van der Waals surface area contributed by atoms with Crippen molar-refractivity contribution in [1.29, 1.82) is 0 Å². The van der Waals surface area contributed by atoms with Crippen LogP contribution in [0.15, 0.2) is 23.4 Å². The van der Waals surface area contributed by atoms with Crippen LogP contribution in [0.25, 0.3) is 0 Å². The zero-order valence-electron chi connectivity index (χ0n) is 15.4. The van der Waals surface area contributed by atoms with Crippen LogP contribution in [0.1, 0.15) is 49.3 Å². The first-order valence-electron chi connectivity index (χ1n) is 8.32. The van der Waals surface area contributed by atoms with Crippen molar-refractivity contribution in [1.82, 2.24) is 14.8 Å². The number of hydrogen-bond acceptors (Lipinski definition) is 6. The third-order valence-corrected chi connectivity index (χ3v) is 4.72. The fraction of sp³-hybridized carbons (Fsp3) is 0.500. The van der Waals surface area contributed by atoms with Crippen molar-refractivity contribution in [2.24, 2.45) is 0 Å². The van der Waals surface area contributed by atoms with Crippen molar-refractivity contribution in [2.45, 2.75) is 44.8 Å². The molecule has 0 fully saturated rings. The van der Waals surface area contributed by atoms with Crippen molar-refractivity contribution < 1.29 is 14.3 Å². The largest absolute Gasteiger partial charge is 0.497 e. The molecule has 136 valence electrons. The molecule has 0 N–H and O–H groups in total. The molecule has 0 saturated heterocycles. The van der Waals surface area contributed by atoms with E-state index in [1.165, 1.54) is 11.8 Å². The average molecular weight is 363 g/mol. The summed E-state index contributed by atoms with van der Waals surface area (Å²) in [5, 5.41) is 9.33. The molecule has 1 aromatic carbocycles. The zero-order valence-corrected chi connectivity index (χ0v) is 16.2. The molecular formula is C18H25N3O3S. The summed E-state index contributed by atoms with van der Waals surface area (Å²) in [5.74, 6) is 2.66. The fourth-order valence-electron chi connectivity index (χ4n) is 2.51. The van der Waals surface area contributed by atoms with Gasteiger partial charge in [0.2, 0.25) is 0 Å². The highest BCUT2D eigenvalue weighted by Gasteiger charge is 2.18. The average Bonchev–Trinajstić information content (AvgIpc) is 3.02. The minimum atomic E-state index is -0.0297. The number of ether oxygens (including phenoxy) is 2. The van der Waals surface area contributed by atoms with Crippen LogP contribution in [0.4, 0.5) is 0 Å². The van der Waals surface area contributed by atoms with E-state index in [1.807, 2.05) is 0 Å². The van der Waals surface area contributed by atoms with Crippen molar-refractivity contribution in [2.75, 3.05) is 20.0 Å². The van der Waals surface area contributed by atoms with E-state index >= 15 is 0 Å². The number of methoxy groups -OCH3 is 2. The predicted octanol–water partition coefficient (Wildman–Crippen LogP) is 3.80. The standard InChI is InChI=1S/C18H25N3O3S/c1-6-9-21-17(12(2)3)19-20-18(21)25-11-15(22)14-10-13(23-4)7-8-16(14)24-5/h7-8,10,12H,6,9,11H2,1-5H3. The van der Waals surface area contributed by atoms with E-state index in [0.717, 1.165) is 23.9 Å². The maximum Gasteiger partial charge on any atom is 0.191 e. The molecule has 0 amide bonds. The Morgan fingerprint density at radius 1 is 1.24 bits per heavy atom. The lowest BCUT2D eigenvalue weighted by atomic mass is 10.1. The molecular weight excluding hydrogens is 338 g/mol. The van der Waals surface area contributed by atoms with Crippen LogP contribution in [0.2, 0.25) is 0 Å². The smallest absolute Gasteiger partial charge is 0.191 e. The summed E-state index contributed by atoms with van der Waals surface area (Å²) in [6, 6.07) is 5.22. The molecule has 0 spiro atoms. The molecule has 7 heteroatoms. The lowest BCUT2D eigenvalue weighted by molar-refractivity contribution is 0.101. The van der Waals surface area contributed by atoms with Gasteiger partial charge in [0.15, 0.2) is 10.9 Å². The van der Waals surface area contributed by atoms with Gasteiger partial charge in [0.1, 0.15) is 17.3 Å². The van der Waals surface area contributed by atoms with E-state index in [-0.39, 0.29) is 11.5 Å². The molecule has 0 bridgehead atoms. The number of nitrogens with zero attached hydrogens (tertiary/aromatic N) is 3. The first kappa shape index (κ1) is 19.3. The second-order valence-corrected chi connectivity index (χ2v) is 6.87. The number of Topliss-reactive ketones (excluding diaryl/α,β-unsaturated/α-hetero) is 1. The van der Waals surface area contributed by atoms with E-state index < -0.39 is 0 Å². The minimum absolute atomic E-state index is 0.0297. The Hall–Kier alpha value is -2.02. The second-order valence-electron chi connectivity index (χ2n) is 5.93. The number of carbonyl (C=O) groups is 1. The van der Waals surface area contributed by atoms with Crippen LogP contribution < -0.4 is 9.47 Å². The molecule has 0 aliphatic heterocycles. The Labute approximate surface area is 152 Å². The zero-order chi connectivity index (χ0) is 18.4. The molecule has 0 radical (unpaired) electrons. The van der Waals surface area contributed by atoms with Gasteiger partial charge < -0.3 is 14.0 Å². The molecule has 0 saturated carbocycles. The quantitative estimate of drug-likeness (QED) is 0.499. The van der Waals surface area contributed by atoms with Crippen molar-refractivity contribution >= 4 is 17.5 Å². The van der Waals surface area contributed by atoms with E-state index in [9.17, 15) is 4.79 Å². The van der Waals surface area contributed by atoms with Gasteiger partial charge in [0, 0.05) is 12.5 Å². The molecule has 2 rings (SSSR count). The second kappa shape index (κ2) is 8.89. The lowest BCUT2D eigenvalue weighted by Crippen LogP contribution is -2.09. The fourth-order valence-corrected chi connectivity index (χ4v) is 3.36. The highest BCUT2D eigenvalue weighted by Crippen LogP contribution is 2.27. The number of ketones is 1. The van der Waals surface area contributed by atoms with Crippen molar-refractivity contribution in [3.8, 4) is 11.5 Å². The maximum absolute atomic E-state index is 12.7. The number of aromatic nitrogens is 3. The highest BCUT2D eigenvalue weighted by atomic mass is 32.2. The third-order valence-electron chi connectivity index (χ3n) is 3.75. The van der Waals surface area contributed by atoms with Crippen LogP contribution >= 0.6 is 11.8 Å². The summed E-state index contributed by atoms with van der Waals surface area (Å²) in [6.07, 6.45) is 0.989. The summed E-state index contributed by atoms with van der Waals surface area (Å²) >= 11 is 1.40. The van der Waals surface area contributed by atoms with Gasteiger partial charge in [-0.25, -0.2) is 0 Å². The van der Waals surface area contributed by atoms with Gasteiger partial charge in [-0.05, 0) is 24.6 Å². The third kappa shape index (κ3) is 4.54. The van der Waals surface area contributed by atoms with Crippen LogP contribution in [-0.2, 0) is 6.54 Å². The molecule has 0 aliphatic carbocycles. The normalized spacial score (nSPS) is 11.0. The van der Waals surface area contributed by atoms with Gasteiger partial charge in [-0.2, -0.15) is 0 Å². The number of rotatable bonds is 9. The summed E-state index contributed by atoms with van der Waals surface area (Å²) in [6.45, 7) is 7.15. The van der Waals surface area contributed by atoms with Gasteiger partial charge in [-0.3, -0.25) is 4.79 Å². The Kier molecular flexibility index (Phi) is 6.87. The van der Waals surface area contributed by atoms with Crippen LogP contribution in [-0.4, -0.2) is 40.5 Å². The number of carbonyl (C=O) groups excluding carboxylic acids is 1. The Morgan fingerprint density at radius 3 is 2.60 bits per heavy atom. The van der Waals surface area contributed by atoms with Crippen LogP contribution in [0.3, 0.4) is 0 Å². The predicted molar refractivity (Wildman–Crippen MR) is 99.0 cm³/mol. The SMILES string of the molecule is CCCn1c(SCC(=O)c2cc(OC)ccc2OC)nnc1C(C)C. The molecule has 2 aromatic rings. The summed E-state index contributed by atoms with van der Waals surface area (Å²) in [4.78, 5) is 12.7. The summed E-state index contributed by atoms with van der Waals surface area (Å²) < 4.78 is 12.6. The molecule has 6 nitrogen and oxygen atoms in total. The minimum Gasteiger partial charge on any atom is -0.497 e. The molecule has 0 aliphatic rings. The monoisotopic (exact) mass is 363 g/mol. The molecule has 0 atom stereocenters. The number of benzene rings is 1. The molecule has 1 aromatic heterocycles. The topological polar surface area (TPSA) is 66.2 Å². The van der Waals surface area contributed by atoms with Gasteiger partial charge in [-0.1, -0.05) is 32.5 Å². The van der Waals surface area contributed by atoms with Gasteiger partial charge in [0.05, 0.1) is 25.5 Å². The van der Waals surface area contributed by atoms with Crippen LogP contribution in [0.5, 0.6) is 11.5 Å². The highest BCUT2D eigenvalue weighted by molar-refractivity contribution is 7.99. The molecule has 25 heavy (non-hydrogen) atoms. The van der Waals surface area contributed by atoms with E-state index in [2.05, 4.69) is 35.5 Å². The molecule has 0 unspecified atom stereocenters. The number of hydrogen-bond donors (Lipinski definition) is 0. The van der Waals surface area contributed by atoms with E-state index in [4.69, 9.17) is 9.47 Å². The van der Waals surface area contributed by atoms with E-state index in [0.29, 0.717) is 23.0 Å². The lowest BCUT2D eigenvalue weighted by Gasteiger charge is -2.11. The Balaban J connectivity index is 2.18. The first-order valence-corrected chi connectivity index (χ1v) is 9.31. The summed E-state index contributed by atoms with van der Waals surface area (Å²) in [7, 11) is 3.13.